The van der Waals surface area contributed by atoms with E-state index in [-0.39, 0.29) is 5.69 Å². The van der Waals surface area contributed by atoms with Crippen LogP contribution in [0.1, 0.15) is 18.9 Å². The fourth-order valence-corrected chi connectivity index (χ4v) is 1.65. The number of nitriles is 1. The number of hydrogen-bond acceptors (Lipinski definition) is 2. The highest BCUT2D eigenvalue weighted by Gasteiger charge is 2.34. The van der Waals surface area contributed by atoms with Gasteiger partial charge in [0.25, 0.3) is 0 Å². The lowest BCUT2D eigenvalue weighted by Gasteiger charge is -2.17. The SMILES string of the molecule is CCC(C#N)Nc1ccc(Br)cc1C(F)(F)F. The summed E-state index contributed by atoms with van der Waals surface area (Å²) < 4.78 is 38.6. The average Bonchev–Trinajstić information content (AvgIpc) is 2.26. The fraction of sp³-hybridized carbons (Fsp3) is 0.364. The molecule has 6 heteroatoms. The van der Waals surface area contributed by atoms with Gasteiger partial charge in [0.2, 0.25) is 0 Å². The van der Waals surface area contributed by atoms with Crippen molar-refractivity contribution in [1.29, 1.82) is 5.26 Å². The lowest BCUT2D eigenvalue weighted by Crippen LogP contribution is -2.19. The number of alkyl halides is 3. The summed E-state index contributed by atoms with van der Waals surface area (Å²) >= 11 is 3.00. The molecule has 0 aliphatic carbocycles. The molecule has 0 saturated heterocycles. The highest BCUT2D eigenvalue weighted by molar-refractivity contribution is 9.10. The Bertz CT molecular complexity index is 437. The van der Waals surface area contributed by atoms with Gasteiger partial charge in [0.1, 0.15) is 6.04 Å². The summed E-state index contributed by atoms with van der Waals surface area (Å²) in [6, 6.07) is 5.08. The first-order valence-corrected chi connectivity index (χ1v) is 5.70. The van der Waals surface area contributed by atoms with E-state index < -0.39 is 17.8 Å². The van der Waals surface area contributed by atoms with E-state index in [9.17, 15) is 13.2 Å². The highest BCUT2D eigenvalue weighted by atomic mass is 79.9. The molecule has 2 nitrogen and oxygen atoms in total. The van der Waals surface area contributed by atoms with Gasteiger partial charge in [-0.25, -0.2) is 0 Å². The standard InChI is InChI=1S/C11H10BrF3N2/c1-2-8(6-16)17-10-4-3-7(12)5-9(10)11(13,14)15/h3-5,8,17H,2H2,1H3. The molecule has 0 amide bonds. The number of halogens is 4. The molecular formula is C11H10BrF3N2. The number of hydrogen-bond donors (Lipinski definition) is 1. The van der Waals surface area contributed by atoms with Crippen LogP contribution < -0.4 is 5.32 Å². The third kappa shape index (κ3) is 3.63. The van der Waals surface area contributed by atoms with Crippen LogP contribution in [0.5, 0.6) is 0 Å². The fourth-order valence-electron chi connectivity index (χ4n) is 1.29. The van der Waals surface area contributed by atoms with Crippen molar-refractivity contribution in [3.8, 4) is 6.07 Å². The summed E-state index contributed by atoms with van der Waals surface area (Å²) in [5, 5.41) is 11.3. The van der Waals surface area contributed by atoms with Crippen LogP contribution in [0.4, 0.5) is 18.9 Å². The maximum Gasteiger partial charge on any atom is 0.418 e. The van der Waals surface area contributed by atoms with E-state index in [1.54, 1.807) is 6.92 Å². The molecule has 92 valence electrons. The first kappa shape index (κ1) is 13.8. The normalized spacial score (nSPS) is 12.9. The second-order valence-electron chi connectivity index (χ2n) is 3.42. The van der Waals surface area contributed by atoms with E-state index >= 15 is 0 Å². The minimum atomic E-state index is -4.44. The van der Waals surface area contributed by atoms with Crippen LogP contribution in [-0.2, 0) is 6.18 Å². The van der Waals surface area contributed by atoms with Crippen LogP contribution in [0.2, 0.25) is 0 Å². The first-order valence-electron chi connectivity index (χ1n) is 4.91. The van der Waals surface area contributed by atoms with E-state index in [4.69, 9.17) is 5.26 Å². The molecule has 0 aromatic heterocycles. The van der Waals surface area contributed by atoms with E-state index in [1.165, 1.54) is 12.1 Å². The molecule has 17 heavy (non-hydrogen) atoms. The van der Waals surface area contributed by atoms with E-state index in [0.29, 0.717) is 10.9 Å². The second-order valence-corrected chi connectivity index (χ2v) is 4.34. The van der Waals surface area contributed by atoms with Crippen LogP contribution in [-0.4, -0.2) is 6.04 Å². The molecule has 1 aromatic carbocycles. The highest BCUT2D eigenvalue weighted by Crippen LogP contribution is 2.36. The Morgan fingerprint density at radius 3 is 2.59 bits per heavy atom. The Labute approximate surface area is 106 Å². The Morgan fingerprint density at radius 2 is 2.12 bits per heavy atom. The molecule has 1 aromatic rings. The zero-order valence-electron chi connectivity index (χ0n) is 8.98. The number of nitrogens with zero attached hydrogens (tertiary/aromatic N) is 1. The summed E-state index contributed by atoms with van der Waals surface area (Å²) in [7, 11) is 0. The molecule has 1 N–H and O–H groups in total. The van der Waals surface area contributed by atoms with Crippen molar-refractivity contribution in [3.63, 3.8) is 0 Å². The van der Waals surface area contributed by atoms with E-state index in [2.05, 4.69) is 21.2 Å². The number of nitrogens with one attached hydrogen (secondary N) is 1. The van der Waals surface area contributed by atoms with Gasteiger partial charge in [-0.3, -0.25) is 0 Å². The van der Waals surface area contributed by atoms with Crippen molar-refractivity contribution in [2.24, 2.45) is 0 Å². The summed E-state index contributed by atoms with van der Waals surface area (Å²) in [4.78, 5) is 0. The minimum Gasteiger partial charge on any atom is -0.369 e. The molecular weight excluding hydrogens is 297 g/mol. The molecule has 0 saturated carbocycles. The van der Waals surface area contributed by atoms with Gasteiger partial charge in [-0.15, -0.1) is 0 Å². The quantitative estimate of drug-likeness (QED) is 0.909. The molecule has 0 heterocycles. The summed E-state index contributed by atoms with van der Waals surface area (Å²) in [6.45, 7) is 1.73. The number of rotatable bonds is 3. The Morgan fingerprint density at radius 1 is 1.47 bits per heavy atom. The predicted molar refractivity (Wildman–Crippen MR) is 62.5 cm³/mol. The van der Waals surface area contributed by atoms with E-state index in [0.717, 1.165) is 6.07 Å². The molecule has 1 atom stereocenters. The van der Waals surface area contributed by atoms with Crippen LogP contribution in [0.25, 0.3) is 0 Å². The largest absolute Gasteiger partial charge is 0.418 e. The molecule has 0 fully saturated rings. The van der Waals surface area contributed by atoms with Crippen LogP contribution >= 0.6 is 15.9 Å². The third-order valence-electron chi connectivity index (χ3n) is 2.18. The molecule has 1 rings (SSSR count). The van der Waals surface area contributed by atoms with Gasteiger partial charge in [0.15, 0.2) is 0 Å². The van der Waals surface area contributed by atoms with Crippen molar-refractivity contribution in [2.75, 3.05) is 5.32 Å². The van der Waals surface area contributed by atoms with Gasteiger partial charge in [0.05, 0.1) is 11.6 Å². The monoisotopic (exact) mass is 306 g/mol. The predicted octanol–water partition coefficient (Wildman–Crippen LogP) is 4.18. The van der Waals surface area contributed by atoms with Crippen molar-refractivity contribution >= 4 is 21.6 Å². The van der Waals surface area contributed by atoms with Gasteiger partial charge in [-0.2, -0.15) is 18.4 Å². The van der Waals surface area contributed by atoms with Crippen LogP contribution in [0, 0.1) is 11.3 Å². The third-order valence-corrected chi connectivity index (χ3v) is 2.67. The molecule has 0 radical (unpaired) electrons. The summed E-state index contributed by atoms with van der Waals surface area (Å²) in [5.74, 6) is 0. The van der Waals surface area contributed by atoms with Gasteiger partial charge in [-0.05, 0) is 24.6 Å². The topological polar surface area (TPSA) is 35.8 Å². The zero-order valence-corrected chi connectivity index (χ0v) is 10.6. The summed E-state index contributed by atoms with van der Waals surface area (Å²) in [6.07, 6.45) is -4.01. The lowest BCUT2D eigenvalue weighted by molar-refractivity contribution is -0.137. The smallest absolute Gasteiger partial charge is 0.369 e. The number of benzene rings is 1. The lowest BCUT2D eigenvalue weighted by atomic mass is 10.1. The Kier molecular flexibility index (Phi) is 4.40. The second kappa shape index (κ2) is 5.41. The zero-order chi connectivity index (χ0) is 13.1. The average molecular weight is 307 g/mol. The molecule has 0 aliphatic rings. The maximum atomic E-state index is 12.7. The maximum absolute atomic E-state index is 12.7. The molecule has 0 aliphatic heterocycles. The van der Waals surface area contributed by atoms with Gasteiger partial charge >= 0.3 is 6.18 Å². The minimum absolute atomic E-state index is 0.0749. The van der Waals surface area contributed by atoms with Gasteiger partial charge in [0, 0.05) is 10.2 Å². The molecule has 0 spiro atoms. The van der Waals surface area contributed by atoms with Gasteiger partial charge in [-0.1, -0.05) is 22.9 Å². The van der Waals surface area contributed by atoms with Crippen molar-refractivity contribution in [1.82, 2.24) is 0 Å². The van der Waals surface area contributed by atoms with E-state index in [1.807, 2.05) is 6.07 Å². The van der Waals surface area contributed by atoms with Gasteiger partial charge < -0.3 is 5.32 Å². The van der Waals surface area contributed by atoms with Crippen LogP contribution in [0.15, 0.2) is 22.7 Å². The first-order chi connectivity index (χ1) is 7.88. The molecule has 0 bridgehead atoms. The van der Waals surface area contributed by atoms with Crippen molar-refractivity contribution in [2.45, 2.75) is 25.6 Å². The summed E-state index contributed by atoms with van der Waals surface area (Å²) in [5.41, 5.74) is -0.852. The van der Waals surface area contributed by atoms with Crippen molar-refractivity contribution < 1.29 is 13.2 Å². The number of anilines is 1. The Balaban J connectivity index is 3.12. The van der Waals surface area contributed by atoms with Crippen LogP contribution in [0.3, 0.4) is 0 Å². The van der Waals surface area contributed by atoms with Crippen molar-refractivity contribution in [3.05, 3.63) is 28.2 Å². The molecule has 1 unspecified atom stereocenters. The Hall–Kier alpha value is -1.22.